The lowest BCUT2D eigenvalue weighted by molar-refractivity contribution is -0.136. The van der Waals surface area contributed by atoms with E-state index in [0.29, 0.717) is 19.8 Å². The molecule has 0 unspecified atom stereocenters. The molecule has 0 aromatic rings. The monoisotopic (exact) mass is 258 g/mol. The molecule has 18 heavy (non-hydrogen) atoms. The quantitative estimate of drug-likeness (QED) is 0.655. The van der Waals surface area contributed by atoms with Crippen molar-refractivity contribution in [3.63, 3.8) is 0 Å². The van der Waals surface area contributed by atoms with Gasteiger partial charge in [0.2, 0.25) is 5.91 Å². The number of piperidine rings is 1. The van der Waals surface area contributed by atoms with Crippen LogP contribution in [0.3, 0.4) is 0 Å². The summed E-state index contributed by atoms with van der Waals surface area (Å²) in [6, 6.07) is 0. The maximum Gasteiger partial charge on any atom is 0.228 e. The standard InChI is InChI=1S/C13H26N2O3/c1-11(2)18-9-8-15-12(16)13(10-17-3)4-6-14-7-5-13/h11,14H,4-10H2,1-3H3,(H,15,16). The van der Waals surface area contributed by atoms with E-state index in [2.05, 4.69) is 10.6 Å². The van der Waals surface area contributed by atoms with Crippen molar-refractivity contribution in [3.05, 3.63) is 0 Å². The number of amides is 1. The number of carbonyl (C=O) groups is 1. The summed E-state index contributed by atoms with van der Waals surface area (Å²) in [7, 11) is 1.65. The summed E-state index contributed by atoms with van der Waals surface area (Å²) < 4.78 is 10.6. The van der Waals surface area contributed by atoms with Gasteiger partial charge in [-0.15, -0.1) is 0 Å². The fraction of sp³-hybridized carbons (Fsp3) is 0.923. The number of hydrogen-bond donors (Lipinski definition) is 2. The van der Waals surface area contributed by atoms with E-state index in [-0.39, 0.29) is 17.4 Å². The predicted octanol–water partition coefficient (Wildman–Crippen LogP) is 0.544. The molecule has 1 aliphatic heterocycles. The summed E-state index contributed by atoms with van der Waals surface area (Å²) >= 11 is 0. The molecule has 5 heteroatoms. The molecule has 1 rings (SSSR count). The van der Waals surface area contributed by atoms with Gasteiger partial charge in [0, 0.05) is 13.7 Å². The van der Waals surface area contributed by atoms with E-state index < -0.39 is 0 Å². The lowest BCUT2D eigenvalue weighted by atomic mass is 9.78. The molecule has 5 nitrogen and oxygen atoms in total. The molecule has 0 atom stereocenters. The van der Waals surface area contributed by atoms with Crippen LogP contribution in [0.5, 0.6) is 0 Å². The Bertz CT molecular complexity index is 245. The van der Waals surface area contributed by atoms with E-state index >= 15 is 0 Å². The molecule has 1 fully saturated rings. The van der Waals surface area contributed by atoms with Gasteiger partial charge < -0.3 is 20.1 Å². The molecule has 0 saturated carbocycles. The third kappa shape index (κ3) is 4.55. The zero-order valence-corrected chi connectivity index (χ0v) is 11.8. The molecule has 2 N–H and O–H groups in total. The van der Waals surface area contributed by atoms with Crippen molar-refractivity contribution in [2.45, 2.75) is 32.8 Å². The highest BCUT2D eigenvalue weighted by Gasteiger charge is 2.39. The maximum atomic E-state index is 12.3. The summed E-state index contributed by atoms with van der Waals surface area (Å²) in [5, 5.41) is 6.24. The van der Waals surface area contributed by atoms with Crippen LogP contribution in [-0.4, -0.2) is 52.0 Å². The average Bonchev–Trinajstić information content (AvgIpc) is 2.35. The number of rotatable bonds is 7. The fourth-order valence-corrected chi connectivity index (χ4v) is 2.27. The van der Waals surface area contributed by atoms with Gasteiger partial charge in [-0.3, -0.25) is 4.79 Å². The zero-order chi connectivity index (χ0) is 13.4. The first-order valence-electron chi connectivity index (χ1n) is 6.70. The van der Waals surface area contributed by atoms with Gasteiger partial charge in [-0.2, -0.15) is 0 Å². The summed E-state index contributed by atoms with van der Waals surface area (Å²) in [5.74, 6) is 0.0956. The Morgan fingerprint density at radius 2 is 2.06 bits per heavy atom. The molecule has 1 saturated heterocycles. The third-order valence-corrected chi connectivity index (χ3v) is 3.30. The Morgan fingerprint density at radius 3 is 2.61 bits per heavy atom. The van der Waals surface area contributed by atoms with E-state index in [9.17, 15) is 4.79 Å². The second-order valence-corrected chi connectivity index (χ2v) is 5.14. The van der Waals surface area contributed by atoms with Gasteiger partial charge in [0.25, 0.3) is 0 Å². The summed E-state index contributed by atoms with van der Waals surface area (Å²) in [4.78, 5) is 12.3. The highest BCUT2D eigenvalue weighted by molar-refractivity contribution is 5.83. The van der Waals surface area contributed by atoms with Crippen molar-refractivity contribution in [2.24, 2.45) is 5.41 Å². The van der Waals surface area contributed by atoms with Crippen LogP contribution >= 0.6 is 0 Å². The summed E-state index contributed by atoms with van der Waals surface area (Å²) in [5.41, 5.74) is -0.363. The molecule has 0 aromatic heterocycles. The van der Waals surface area contributed by atoms with Crippen LogP contribution in [0.25, 0.3) is 0 Å². The first kappa shape index (κ1) is 15.4. The van der Waals surface area contributed by atoms with Gasteiger partial charge >= 0.3 is 0 Å². The highest BCUT2D eigenvalue weighted by atomic mass is 16.5. The second kappa shape index (κ2) is 7.71. The van der Waals surface area contributed by atoms with Crippen LogP contribution in [0.1, 0.15) is 26.7 Å². The van der Waals surface area contributed by atoms with Crippen molar-refractivity contribution < 1.29 is 14.3 Å². The van der Waals surface area contributed by atoms with Crippen LogP contribution in [0.4, 0.5) is 0 Å². The van der Waals surface area contributed by atoms with Crippen LogP contribution in [0.15, 0.2) is 0 Å². The minimum atomic E-state index is -0.363. The second-order valence-electron chi connectivity index (χ2n) is 5.14. The Labute approximate surface area is 110 Å². The molecule has 0 aromatic carbocycles. The highest BCUT2D eigenvalue weighted by Crippen LogP contribution is 2.29. The van der Waals surface area contributed by atoms with E-state index in [1.54, 1.807) is 7.11 Å². The lowest BCUT2D eigenvalue weighted by Gasteiger charge is -2.35. The maximum absolute atomic E-state index is 12.3. The Morgan fingerprint density at radius 1 is 1.39 bits per heavy atom. The number of nitrogens with one attached hydrogen (secondary N) is 2. The van der Waals surface area contributed by atoms with Crippen molar-refractivity contribution in [1.29, 1.82) is 0 Å². The number of ether oxygens (including phenoxy) is 2. The van der Waals surface area contributed by atoms with E-state index in [4.69, 9.17) is 9.47 Å². The van der Waals surface area contributed by atoms with Crippen LogP contribution in [-0.2, 0) is 14.3 Å². The summed E-state index contributed by atoms with van der Waals surface area (Å²) in [6.45, 7) is 7.34. The molecule has 0 spiro atoms. The van der Waals surface area contributed by atoms with Gasteiger partial charge in [-0.05, 0) is 39.8 Å². The van der Waals surface area contributed by atoms with Gasteiger partial charge in [-0.1, -0.05) is 0 Å². The first-order chi connectivity index (χ1) is 8.60. The van der Waals surface area contributed by atoms with E-state index in [1.807, 2.05) is 13.8 Å². The number of hydrogen-bond acceptors (Lipinski definition) is 4. The lowest BCUT2D eigenvalue weighted by Crippen LogP contribution is -2.50. The number of methoxy groups -OCH3 is 1. The Hall–Kier alpha value is -0.650. The van der Waals surface area contributed by atoms with Crippen molar-refractivity contribution >= 4 is 5.91 Å². The molecule has 0 radical (unpaired) electrons. The predicted molar refractivity (Wildman–Crippen MR) is 70.5 cm³/mol. The molecular weight excluding hydrogens is 232 g/mol. The molecule has 1 amide bonds. The van der Waals surface area contributed by atoms with Crippen molar-refractivity contribution in [2.75, 3.05) is 40.0 Å². The fourth-order valence-electron chi connectivity index (χ4n) is 2.27. The van der Waals surface area contributed by atoms with Gasteiger partial charge in [0.05, 0.1) is 24.7 Å². The SMILES string of the molecule is COCC1(C(=O)NCCOC(C)C)CCNCC1. The van der Waals surface area contributed by atoms with Gasteiger partial charge in [0.1, 0.15) is 0 Å². The topological polar surface area (TPSA) is 59.6 Å². The van der Waals surface area contributed by atoms with Crippen LogP contribution < -0.4 is 10.6 Å². The van der Waals surface area contributed by atoms with Gasteiger partial charge in [0.15, 0.2) is 0 Å². The van der Waals surface area contributed by atoms with E-state index in [1.165, 1.54) is 0 Å². The third-order valence-electron chi connectivity index (χ3n) is 3.30. The van der Waals surface area contributed by atoms with Crippen molar-refractivity contribution in [3.8, 4) is 0 Å². The molecule has 0 aliphatic carbocycles. The molecule has 0 bridgehead atoms. The molecule has 1 aliphatic rings. The van der Waals surface area contributed by atoms with Gasteiger partial charge in [-0.25, -0.2) is 0 Å². The first-order valence-corrected chi connectivity index (χ1v) is 6.70. The molecule has 1 heterocycles. The minimum Gasteiger partial charge on any atom is -0.384 e. The molecular formula is C13H26N2O3. The van der Waals surface area contributed by atoms with Crippen LogP contribution in [0.2, 0.25) is 0 Å². The smallest absolute Gasteiger partial charge is 0.228 e. The van der Waals surface area contributed by atoms with E-state index in [0.717, 1.165) is 25.9 Å². The zero-order valence-electron chi connectivity index (χ0n) is 11.8. The average molecular weight is 258 g/mol. The Kier molecular flexibility index (Phi) is 6.60. The van der Waals surface area contributed by atoms with Crippen LogP contribution in [0, 0.1) is 5.41 Å². The number of carbonyl (C=O) groups excluding carboxylic acids is 1. The van der Waals surface area contributed by atoms with Crippen molar-refractivity contribution in [1.82, 2.24) is 10.6 Å². The normalized spacial score (nSPS) is 18.9. The molecule has 106 valence electrons. The Balaban J connectivity index is 2.39. The minimum absolute atomic E-state index is 0.0956. The summed E-state index contributed by atoms with van der Waals surface area (Å²) in [6.07, 6.45) is 1.86. The largest absolute Gasteiger partial charge is 0.384 e.